The van der Waals surface area contributed by atoms with Crippen LogP contribution in [0.25, 0.3) is 0 Å². The van der Waals surface area contributed by atoms with E-state index >= 15 is 0 Å². The Morgan fingerprint density at radius 3 is 1.88 bits per heavy atom. The fraction of sp³-hybridized carbons (Fsp3) is 0.464. The van der Waals surface area contributed by atoms with E-state index in [1.807, 2.05) is 0 Å². The molecule has 2 N–H and O–H groups in total. The average molecular weight is 471 g/mol. The van der Waals surface area contributed by atoms with Gasteiger partial charge in [-0.2, -0.15) is 0 Å². The second-order valence-electron chi connectivity index (χ2n) is 9.35. The minimum Gasteiger partial charge on any atom is -0.481 e. The minimum atomic E-state index is -2.56. The van der Waals surface area contributed by atoms with Gasteiger partial charge >= 0.3 is 0 Å². The van der Waals surface area contributed by atoms with Crippen LogP contribution in [0.15, 0.2) is 72.8 Å². The molecular weight excluding hydrogens is 428 g/mol. The van der Waals surface area contributed by atoms with Crippen molar-refractivity contribution in [3.63, 3.8) is 0 Å². The molecule has 4 nitrogen and oxygen atoms in total. The van der Waals surface area contributed by atoms with Crippen molar-refractivity contribution in [1.82, 2.24) is 0 Å². The average Bonchev–Trinajstić information content (AvgIpc) is 2.77. The fourth-order valence-electron chi connectivity index (χ4n) is 3.93. The van der Waals surface area contributed by atoms with Gasteiger partial charge in [-0.25, -0.2) is 0 Å². The number of carboxylic acids is 1. The lowest BCUT2D eigenvalue weighted by Gasteiger charge is -2.43. The Labute approximate surface area is 201 Å². The van der Waals surface area contributed by atoms with Gasteiger partial charge in [0.2, 0.25) is 0 Å². The largest absolute Gasteiger partial charge is 0.481 e. The highest BCUT2D eigenvalue weighted by atomic mass is 28.4. The summed E-state index contributed by atoms with van der Waals surface area (Å²) in [7, 11) is -2.56. The van der Waals surface area contributed by atoms with Gasteiger partial charge in [-0.3, -0.25) is 4.79 Å². The fourth-order valence-corrected chi connectivity index (χ4v) is 8.53. The van der Waals surface area contributed by atoms with Crippen molar-refractivity contribution >= 4 is 24.7 Å². The zero-order valence-corrected chi connectivity index (χ0v) is 22.0. The van der Waals surface area contributed by atoms with E-state index in [0.717, 1.165) is 13.3 Å². The van der Waals surface area contributed by atoms with Gasteiger partial charge in [-0.15, -0.1) is 0 Å². The summed E-state index contributed by atoms with van der Waals surface area (Å²) in [5.41, 5.74) is 0. The topological polar surface area (TPSA) is 66.8 Å². The van der Waals surface area contributed by atoms with Crippen molar-refractivity contribution in [2.24, 2.45) is 0 Å². The molecule has 2 aromatic carbocycles. The van der Waals surface area contributed by atoms with Crippen LogP contribution in [-0.4, -0.2) is 37.2 Å². The van der Waals surface area contributed by atoms with Crippen LogP contribution in [-0.2, 0) is 9.22 Å². The van der Waals surface area contributed by atoms with Gasteiger partial charge in [-0.1, -0.05) is 113 Å². The van der Waals surface area contributed by atoms with Crippen molar-refractivity contribution < 1.29 is 19.4 Å². The van der Waals surface area contributed by atoms with Crippen LogP contribution in [0.4, 0.5) is 0 Å². The van der Waals surface area contributed by atoms with Crippen molar-refractivity contribution in [2.75, 3.05) is 6.61 Å². The molecule has 182 valence electrons. The van der Waals surface area contributed by atoms with Gasteiger partial charge < -0.3 is 14.6 Å². The SMILES string of the molecule is CC(=O)O.CCCCC/C=C/CC(O)CO[Si](c1ccccc1)(c1ccccc1)C(C)(C)C. The van der Waals surface area contributed by atoms with Crippen LogP contribution in [0.2, 0.25) is 5.04 Å². The van der Waals surface area contributed by atoms with Gasteiger partial charge in [-0.05, 0) is 34.7 Å². The molecule has 5 heteroatoms. The molecular formula is C28H42O4Si. The highest BCUT2D eigenvalue weighted by Crippen LogP contribution is 2.36. The Morgan fingerprint density at radius 2 is 1.45 bits per heavy atom. The molecule has 0 aliphatic rings. The third-order valence-corrected chi connectivity index (χ3v) is 10.5. The number of allylic oxidation sites excluding steroid dienone is 1. The molecule has 0 radical (unpaired) electrons. The van der Waals surface area contributed by atoms with Crippen molar-refractivity contribution in [3.8, 4) is 0 Å². The molecule has 0 bridgehead atoms. The summed E-state index contributed by atoms with van der Waals surface area (Å²) in [5, 5.41) is 20.5. The lowest BCUT2D eigenvalue weighted by atomic mass is 10.2. The minimum absolute atomic E-state index is 0.0641. The zero-order chi connectivity index (χ0) is 24.7. The van der Waals surface area contributed by atoms with Gasteiger partial charge in [0.1, 0.15) is 0 Å². The predicted molar refractivity (Wildman–Crippen MR) is 141 cm³/mol. The maximum Gasteiger partial charge on any atom is 0.300 e. The van der Waals surface area contributed by atoms with E-state index in [4.69, 9.17) is 14.3 Å². The summed E-state index contributed by atoms with van der Waals surface area (Å²) in [6.45, 7) is 10.4. The third-order valence-electron chi connectivity index (χ3n) is 5.46. The molecule has 2 rings (SSSR count). The Balaban J connectivity index is 0.00000125. The number of hydrogen-bond acceptors (Lipinski definition) is 3. The standard InChI is InChI=1S/C26H38O2Si.C2H4O2/c1-5-6-7-8-9-12-17-23(27)22-28-29(26(2,3)4,24-18-13-10-14-19-24)25-20-15-11-16-21-25;1-2(3)4/h9-16,18-21,23,27H,5-8,17,22H2,1-4H3;1H3,(H,3,4)/b12-9+;. The first-order valence-corrected chi connectivity index (χ1v) is 13.8. The Morgan fingerprint density at radius 1 is 0.970 bits per heavy atom. The number of aliphatic hydroxyl groups is 1. The van der Waals surface area contributed by atoms with E-state index < -0.39 is 20.4 Å². The molecule has 0 amide bonds. The quantitative estimate of drug-likeness (QED) is 0.257. The molecule has 1 unspecified atom stereocenters. The molecule has 0 saturated heterocycles. The maximum absolute atomic E-state index is 10.6. The van der Waals surface area contributed by atoms with E-state index in [1.165, 1.54) is 29.6 Å². The van der Waals surface area contributed by atoms with Crippen molar-refractivity contribution in [1.29, 1.82) is 0 Å². The Hall–Kier alpha value is -2.21. The summed E-state index contributed by atoms with van der Waals surface area (Å²) in [6.07, 6.45) is 9.28. The van der Waals surface area contributed by atoms with E-state index in [9.17, 15) is 5.11 Å². The highest BCUT2D eigenvalue weighted by molar-refractivity contribution is 6.99. The maximum atomic E-state index is 10.6. The highest BCUT2D eigenvalue weighted by Gasteiger charge is 2.50. The molecule has 0 aromatic heterocycles. The number of carbonyl (C=O) groups is 1. The first kappa shape index (κ1) is 28.8. The summed E-state index contributed by atoms with van der Waals surface area (Å²) >= 11 is 0. The molecule has 33 heavy (non-hydrogen) atoms. The lowest BCUT2D eigenvalue weighted by Crippen LogP contribution is -2.67. The normalized spacial score (nSPS) is 12.8. The zero-order valence-electron chi connectivity index (χ0n) is 21.0. The van der Waals surface area contributed by atoms with Crippen molar-refractivity contribution in [2.45, 2.75) is 77.9 Å². The number of hydrogen-bond donors (Lipinski definition) is 2. The summed E-state index contributed by atoms with van der Waals surface area (Å²) in [5.74, 6) is -0.833. The summed E-state index contributed by atoms with van der Waals surface area (Å²) < 4.78 is 6.78. The van der Waals surface area contributed by atoms with Crippen LogP contribution >= 0.6 is 0 Å². The first-order chi connectivity index (χ1) is 15.6. The molecule has 0 fully saturated rings. The second-order valence-corrected chi connectivity index (χ2v) is 13.7. The summed E-state index contributed by atoms with van der Waals surface area (Å²) in [4.78, 5) is 9.00. The van der Waals surface area contributed by atoms with E-state index in [-0.39, 0.29) is 5.04 Å². The van der Waals surface area contributed by atoms with Crippen LogP contribution in [0.3, 0.4) is 0 Å². The number of aliphatic hydroxyl groups excluding tert-OH is 1. The summed E-state index contributed by atoms with van der Waals surface area (Å²) in [6, 6.07) is 21.2. The molecule has 0 saturated carbocycles. The second kappa shape index (κ2) is 14.8. The number of carboxylic acid groups (broad SMARTS) is 1. The number of unbranched alkanes of at least 4 members (excludes halogenated alkanes) is 3. The van der Waals surface area contributed by atoms with E-state index in [1.54, 1.807) is 0 Å². The van der Waals surface area contributed by atoms with E-state index in [2.05, 4.69) is 101 Å². The molecule has 0 aliphatic carbocycles. The number of aliphatic carboxylic acids is 1. The van der Waals surface area contributed by atoms with Gasteiger partial charge in [0.05, 0.1) is 12.7 Å². The van der Waals surface area contributed by atoms with Gasteiger partial charge in [0.15, 0.2) is 0 Å². The van der Waals surface area contributed by atoms with Crippen LogP contribution < -0.4 is 10.4 Å². The smallest absolute Gasteiger partial charge is 0.300 e. The number of benzene rings is 2. The van der Waals surface area contributed by atoms with Gasteiger partial charge in [0.25, 0.3) is 14.3 Å². The Bertz CT molecular complexity index is 769. The van der Waals surface area contributed by atoms with Crippen molar-refractivity contribution in [3.05, 3.63) is 72.8 Å². The number of rotatable bonds is 11. The lowest BCUT2D eigenvalue weighted by molar-refractivity contribution is -0.134. The van der Waals surface area contributed by atoms with Crippen LogP contribution in [0.5, 0.6) is 0 Å². The predicted octanol–water partition coefficient (Wildman–Crippen LogP) is 5.54. The van der Waals surface area contributed by atoms with Crippen LogP contribution in [0.1, 0.15) is 66.7 Å². The molecule has 0 spiro atoms. The molecule has 0 heterocycles. The molecule has 2 aromatic rings. The molecule has 0 aliphatic heterocycles. The van der Waals surface area contributed by atoms with Gasteiger partial charge in [0, 0.05) is 6.92 Å². The third kappa shape index (κ3) is 9.66. The monoisotopic (exact) mass is 470 g/mol. The first-order valence-electron chi connectivity index (χ1n) is 11.9. The molecule has 1 atom stereocenters. The van der Waals surface area contributed by atoms with E-state index in [0.29, 0.717) is 13.0 Å². The Kier molecular flexibility index (Phi) is 13.0. The van der Waals surface area contributed by atoms with Crippen LogP contribution in [0, 0.1) is 0 Å².